The Bertz CT molecular complexity index is 475. The van der Waals surface area contributed by atoms with E-state index in [1.807, 2.05) is 0 Å². The lowest BCUT2D eigenvalue weighted by Crippen LogP contribution is -2.39. The predicted molar refractivity (Wildman–Crippen MR) is 64.0 cm³/mol. The number of nitrogens with zero attached hydrogens (tertiary/aromatic N) is 1. The molecule has 0 unspecified atom stereocenters. The molecule has 0 spiro atoms. The Kier molecular flexibility index (Phi) is 3.94. The number of hydrogen-bond acceptors (Lipinski definition) is 6. The molecule has 1 heterocycles. The van der Waals surface area contributed by atoms with Crippen LogP contribution in [0.2, 0.25) is 0 Å². The molecule has 17 heavy (non-hydrogen) atoms. The number of amides is 1. The molecule has 0 fully saturated rings. The SMILES string of the molecule is CC(C)(C)OC(=O)NS(=O)(=O)Nc1cncs1. The highest BCUT2D eigenvalue weighted by Gasteiger charge is 2.21. The molecule has 1 amide bonds. The van der Waals surface area contributed by atoms with Crippen LogP contribution in [-0.2, 0) is 14.9 Å². The average molecular weight is 279 g/mol. The van der Waals surface area contributed by atoms with Gasteiger partial charge in [0.05, 0.1) is 11.7 Å². The van der Waals surface area contributed by atoms with Gasteiger partial charge < -0.3 is 4.74 Å². The molecule has 1 rings (SSSR count). The van der Waals surface area contributed by atoms with Crippen LogP contribution >= 0.6 is 11.3 Å². The van der Waals surface area contributed by atoms with E-state index in [0.29, 0.717) is 5.00 Å². The van der Waals surface area contributed by atoms with Crippen molar-refractivity contribution in [2.24, 2.45) is 0 Å². The highest BCUT2D eigenvalue weighted by molar-refractivity contribution is 7.91. The zero-order valence-corrected chi connectivity index (χ0v) is 11.2. The summed E-state index contributed by atoms with van der Waals surface area (Å²) in [4.78, 5) is 14.9. The smallest absolute Gasteiger partial charge is 0.422 e. The molecule has 0 saturated heterocycles. The van der Waals surface area contributed by atoms with Gasteiger partial charge in [-0.25, -0.2) is 9.52 Å². The Hall–Kier alpha value is -1.35. The van der Waals surface area contributed by atoms with E-state index in [1.54, 1.807) is 25.5 Å². The standard InChI is InChI=1S/C8H13N3O4S2/c1-8(2,3)15-7(12)11-17(13,14)10-6-4-9-5-16-6/h4-5,10H,1-3H3,(H,11,12). The van der Waals surface area contributed by atoms with Gasteiger partial charge >= 0.3 is 16.3 Å². The fourth-order valence-electron chi connectivity index (χ4n) is 0.833. The number of hydrogen-bond donors (Lipinski definition) is 2. The number of ether oxygens (including phenoxy) is 1. The Balaban J connectivity index is 2.58. The quantitative estimate of drug-likeness (QED) is 0.869. The van der Waals surface area contributed by atoms with Gasteiger partial charge in [-0.15, -0.1) is 11.3 Å². The molecule has 1 aromatic heterocycles. The lowest BCUT2D eigenvalue weighted by atomic mass is 10.2. The first-order valence-electron chi connectivity index (χ1n) is 4.60. The van der Waals surface area contributed by atoms with Gasteiger partial charge in [-0.3, -0.25) is 9.71 Å². The first kappa shape index (κ1) is 13.7. The second kappa shape index (κ2) is 4.88. The van der Waals surface area contributed by atoms with Crippen molar-refractivity contribution in [1.82, 2.24) is 9.71 Å². The normalized spacial score (nSPS) is 11.9. The lowest BCUT2D eigenvalue weighted by molar-refractivity contribution is 0.0570. The first-order chi connectivity index (χ1) is 7.68. The molecule has 1 aromatic rings. The van der Waals surface area contributed by atoms with Crippen LogP contribution in [0.1, 0.15) is 20.8 Å². The van der Waals surface area contributed by atoms with E-state index in [9.17, 15) is 13.2 Å². The molecular formula is C8H13N3O4S2. The molecule has 0 aliphatic heterocycles. The van der Waals surface area contributed by atoms with Gasteiger partial charge in [-0.1, -0.05) is 0 Å². The summed E-state index contributed by atoms with van der Waals surface area (Å²) in [5.41, 5.74) is 0.704. The summed E-state index contributed by atoms with van der Waals surface area (Å²) in [5.74, 6) is 0. The molecule has 0 aliphatic carbocycles. The summed E-state index contributed by atoms with van der Waals surface area (Å²) in [6.45, 7) is 4.90. The minimum Gasteiger partial charge on any atom is -0.443 e. The van der Waals surface area contributed by atoms with Crippen LogP contribution in [0.25, 0.3) is 0 Å². The number of thiazole rings is 1. The van der Waals surface area contributed by atoms with Crippen molar-refractivity contribution in [3.63, 3.8) is 0 Å². The summed E-state index contributed by atoms with van der Waals surface area (Å²) < 4.78 is 31.6. The van der Waals surface area contributed by atoms with Gasteiger partial charge in [0.1, 0.15) is 10.6 Å². The summed E-state index contributed by atoms with van der Waals surface area (Å²) in [6.07, 6.45) is 0.299. The Morgan fingerprint density at radius 1 is 1.47 bits per heavy atom. The van der Waals surface area contributed by atoms with Gasteiger partial charge in [0.15, 0.2) is 0 Å². The topological polar surface area (TPSA) is 97.4 Å². The van der Waals surface area contributed by atoms with Crippen LogP contribution in [0, 0.1) is 0 Å². The molecule has 0 bridgehead atoms. The Morgan fingerprint density at radius 3 is 2.59 bits per heavy atom. The van der Waals surface area contributed by atoms with Crippen LogP contribution in [0.5, 0.6) is 0 Å². The Morgan fingerprint density at radius 2 is 2.12 bits per heavy atom. The molecular weight excluding hydrogens is 266 g/mol. The van der Waals surface area contributed by atoms with Crippen LogP contribution in [0.4, 0.5) is 9.80 Å². The zero-order valence-electron chi connectivity index (χ0n) is 9.55. The van der Waals surface area contributed by atoms with Crippen LogP contribution < -0.4 is 9.44 Å². The number of rotatable bonds is 3. The number of carbonyl (C=O) groups excluding carboxylic acids is 1. The average Bonchev–Trinajstić information content (AvgIpc) is 2.49. The summed E-state index contributed by atoms with van der Waals surface area (Å²) in [5, 5.41) is 0.307. The molecule has 0 aromatic carbocycles. The predicted octanol–water partition coefficient (Wildman–Crippen LogP) is 1.32. The molecule has 96 valence electrons. The fraction of sp³-hybridized carbons (Fsp3) is 0.500. The minimum absolute atomic E-state index is 0.307. The van der Waals surface area contributed by atoms with Crippen molar-refractivity contribution in [3.8, 4) is 0 Å². The summed E-state index contributed by atoms with van der Waals surface area (Å²) >= 11 is 1.10. The van der Waals surface area contributed by atoms with Crippen LogP contribution in [-0.4, -0.2) is 25.1 Å². The van der Waals surface area contributed by atoms with E-state index >= 15 is 0 Å². The largest absolute Gasteiger partial charge is 0.443 e. The fourth-order valence-corrected chi connectivity index (χ4v) is 2.34. The van der Waals surface area contributed by atoms with E-state index in [1.165, 1.54) is 11.7 Å². The number of aromatic nitrogens is 1. The van der Waals surface area contributed by atoms with Crippen molar-refractivity contribution >= 4 is 32.6 Å². The van der Waals surface area contributed by atoms with Gasteiger partial charge in [-0.2, -0.15) is 8.42 Å². The highest BCUT2D eigenvalue weighted by atomic mass is 32.2. The third-order valence-corrected chi connectivity index (χ3v) is 3.03. The van der Waals surface area contributed by atoms with E-state index in [2.05, 4.69) is 9.71 Å². The summed E-state index contributed by atoms with van der Waals surface area (Å²) in [7, 11) is -3.98. The van der Waals surface area contributed by atoms with Gasteiger partial charge in [0.2, 0.25) is 0 Å². The van der Waals surface area contributed by atoms with Crippen molar-refractivity contribution in [2.45, 2.75) is 26.4 Å². The molecule has 7 nitrogen and oxygen atoms in total. The molecule has 0 radical (unpaired) electrons. The molecule has 0 saturated carbocycles. The minimum atomic E-state index is -3.98. The number of carbonyl (C=O) groups is 1. The molecule has 2 N–H and O–H groups in total. The van der Waals surface area contributed by atoms with E-state index in [-0.39, 0.29) is 0 Å². The van der Waals surface area contributed by atoms with E-state index in [4.69, 9.17) is 4.74 Å². The Labute approximate surface area is 103 Å². The van der Waals surface area contributed by atoms with E-state index in [0.717, 1.165) is 11.3 Å². The van der Waals surface area contributed by atoms with Crippen LogP contribution in [0.15, 0.2) is 11.7 Å². The first-order valence-corrected chi connectivity index (χ1v) is 6.96. The van der Waals surface area contributed by atoms with Crippen LogP contribution in [0.3, 0.4) is 0 Å². The molecule has 9 heteroatoms. The second-order valence-corrected chi connectivity index (χ2v) is 6.38. The van der Waals surface area contributed by atoms with Gasteiger partial charge in [-0.05, 0) is 20.8 Å². The number of nitrogens with one attached hydrogen (secondary N) is 2. The third kappa shape index (κ3) is 5.50. The second-order valence-electron chi connectivity index (χ2n) is 4.08. The van der Waals surface area contributed by atoms with Gasteiger partial charge in [0, 0.05) is 0 Å². The maximum Gasteiger partial charge on any atom is 0.422 e. The monoisotopic (exact) mass is 279 g/mol. The number of anilines is 1. The van der Waals surface area contributed by atoms with Crippen molar-refractivity contribution < 1.29 is 17.9 Å². The van der Waals surface area contributed by atoms with Crippen molar-refractivity contribution in [2.75, 3.05) is 4.72 Å². The third-order valence-electron chi connectivity index (χ3n) is 1.28. The lowest BCUT2D eigenvalue weighted by Gasteiger charge is -2.19. The maximum absolute atomic E-state index is 11.5. The van der Waals surface area contributed by atoms with Crippen molar-refractivity contribution in [3.05, 3.63) is 11.7 Å². The molecule has 0 aliphatic rings. The van der Waals surface area contributed by atoms with E-state index < -0.39 is 21.9 Å². The highest BCUT2D eigenvalue weighted by Crippen LogP contribution is 2.13. The zero-order chi connectivity index (χ0) is 13.1. The summed E-state index contributed by atoms with van der Waals surface area (Å²) in [6, 6.07) is 0. The van der Waals surface area contributed by atoms with Gasteiger partial charge in [0.25, 0.3) is 0 Å². The molecule has 0 atom stereocenters. The maximum atomic E-state index is 11.5. The van der Waals surface area contributed by atoms with Crippen molar-refractivity contribution in [1.29, 1.82) is 0 Å².